The van der Waals surface area contributed by atoms with Crippen LogP contribution in [0.25, 0.3) is 10.9 Å². The summed E-state index contributed by atoms with van der Waals surface area (Å²) in [7, 11) is 3.80. The molecule has 0 aliphatic rings. The minimum absolute atomic E-state index is 0.750. The third kappa shape index (κ3) is 1.47. The molecule has 1 aromatic heterocycles. The van der Waals surface area contributed by atoms with Crippen molar-refractivity contribution < 1.29 is 0 Å². The van der Waals surface area contributed by atoms with Crippen molar-refractivity contribution in [3.63, 3.8) is 0 Å². The fraction of sp³-hybridized carbons (Fsp3) is 0.364. The quantitative estimate of drug-likeness (QED) is 0.849. The summed E-state index contributed by atoms with van der Waals surface area (Å²) in [6, 6.07) is 4.00. The summed E-state index contributed by atoms with van der Waals surface area (Å²) in [6.45, 7) is 2.13. The highest BCUT2D eigenvalue weighted by molar-refractivity contribution is 6.36. The van der Waals surface area contributed by atoms with Crippen molar-refractivity contribution in [2.75, 3.05) is 12.4 Å². The third-order valence-corrected chi connectivity index (χ3v) is 2.95. The minimum Gasteiger partial charge on any atom is -0.371 e. The van der Waals surface area contributed by atoms with Crippen LogP contribution in [0.5, 0.6) is 0 Å². The SMILES string of the molecule is CCc1ccc(Cl)c2c(NC)nn(C)c12. The average molecular weight is 224 g/mol. The van der Waals surface area contributed by atoms with E-state index in [1.165, 1.54) is 5.56 Å². The van der Waals surface area contributed by atoms with Crippen LogP contribution >= 0.6 is 11.6 Å². The van der Waals surface area contributed by atoms with Crippen LogP contribution in [0.4, 0.5) is 5.82 Å². The molecule has 0 fully saturated rings. The van der Waals surface area contributed by atoms with E-state index in [4.69, 9.17) is 11.6 Å². The van der Waals surface area contributed by atoms with Crippen LogP contribution in [0.1, 0.15) is 12.5 Å². The molecule has 0 aliphatic heterocycles. The lowest BCUT2D eigenvalue weighted by Crippen LogP contribution is -1.94. The molecule has 1 heterocycles. The van der Waals surface area contributed by atoms with Gasteiger partial charge in [0.05, 0.1) is 15.9 Å². The largest absolute Gasteiger partial charge is 0.371 e. The fourth-order valence-corrected chi connectivity index (χ4v) is 2.16. The predicted octanol–water partition coefficient (Wildman–Crippen LogP) is 2.83. The highest BCUT2D eigenvalue weighted by Crippen LogP contribution is 2.32. The van der Waals surface area contributed by atoms with E-state index in [-0.39, 0.29) is 0 Å². The van der Waals surface area contributed by atoms with E-state index in [9.17, 15) is 0 Å². The van der Waals surface area contributed by atoms with Gasteiger partial charge in [0.25, 0.3) is 0 Å². The zero-order valence-electron chi connectivity index (χ0n) is 9.13. The maximum absolute atomic E-state index is 6.19. The van der Waals surface area contributed by atoms with Crippen LogP contribution < -0.4 is 5.32 Å². The third-order valence-electron chi connectivity index (χ3n) is 2.64. The number of hydrogen-bond acceptors (Lipinski definition) is 2. The average Bonchev–Trinajstić information content (AvgIpc) is 2.58. The molecule has 0 spiro atoms. The topological polar surface area (TPSA) is 29.9 Å². The van der Waals surface area contributed by atoms with Crippen molar-refractivity contribution in [3.8, 4) is 0 Å². The summed E-state index contributed by atoms with van der Waals surface area (Å²) in [4.78, 5) is 0. The van der Waals surface area contributed by atoms with Crippen LogP contribution in [0.2, 0.25) is 5.02 Å². The fourth-order valence-electron chi connectivity index (χ4n) is 1.91. The Hall–Kier alpha value is -1.22. The Morgan fingerprint density at radius 3 is 2.80 bits per heavy atom. The van der Waals surface area contributed by atoms with E-state index in [0.29, 0.717) is 0 Å². The first-order chi connectivity index (χ1) is 7.19. The Kier molecular flexibility index (Phi) is 2.57. The molecule has 2 rings (SSSR count). The van der Waals surface area contributed by atoms with Gasteiger partial charge < -0.3 is 5.32 Å². The lowest BCUT2D eigenvalue weighted by Gasteiger charge is -2.03. The van der Waals surface area contributed by atoms with Gasteiger partial charge in [-0.15, -0.1) is 0 Å². The van der Waals surface area contributed by atoms with E-state index >= 15 is 0 Å². The van der Waals surface area contributed by atoms with Gasteiger partial charge in [-0.05, 0) is 18.1 Å². The predicted molar refractivity (Wildman–Crippen MR) is 64.6 cm³/mol. The maximum Gasteiger partial charge on any atom is 0.157 e. The molecular formula is C11H14ClN3. The number of nitrogens with one attached hydrogen (secondary N) is 1. The van der Waals surface area contributed by atoms with E-state index in [2.05, 4.69) is 23.4 Å². The highest BCUT2D eigenvalue weighted by atomic mass is 35.5. The van der Waals surface area contributed by atoms with E-state index in [0.717, 1.165) is 28.2 Å². The van der Waals surface area contributed by atoms with Gasteiger partial charge >= 0.3 is 0 Å². The van der Waals surface area contributed by atoms with Crippen molar-refractivity contribution in [1.29, 1.82) is 0 Å². The molecule has 2 aromatic rings. The molecule has 0 aliphatic carbocycles. The normalized spacial score (nSPS) is 10.9. The first-order valence-corrected chi connectivity index (χ1v) is 5.38. The highest BCUT2D eigenvalue weighted by Gasteiger charge is 2.13. The van der Waals surface area contributed by atoms with Crippen molar-refractivity contribution in [1.82, 2.24) is 9.78 Å². The molecule has 1 N–H and O–H groups in total. The zero-order valence-corrected chi connectivity index (χ0v) is 9.89. The van der Waals surface area contributed by atoms with E-state index < -0.39 is 0 Å². The van der Waals surface area contributed by atoms with Crippen LogP contribution in [0, 0.1) is 0 Å². The van der Waals surface area contributed by atoms with Crippen LogP contribution in [0.15, 0.2) is 12.1 Å². The second kappa shape index (κ2) is 3.74. The first-order valence-electron chi connectivity index (χ1n) is 5.00. The van der Waals surface area contributed by atoms with Gasteiger partial charge in [0, 0.05) is 14.1 Å². The molecule has 4 heteroatoms. The van der Waals surface area contributed by atoms with Crippen molar-refractivity contribution in [2.24, 2.45) is 7.05 Å². The second-order valence-corrected chi connectivity index (χ2v) is 3.91. The summed E-state index contributed by atoms with van der Waals surface area (Å²) < 4.78 is 1.88. The maximum atomic E-state index is 6.19. The molecule has 0 bridgehead atoms. The van der Waals surface area contributed by atoms with E-state index in [1.54, 1.807) is 0 Å². The first kappa shape index (κ1) is 10.3. The molecule has 15 heavy (non-hydrogen) atoms. The lowest BCUT2D eigenvalue weighted by atomic mass is 10.1. The van der Waals surface area contributed by atoms with Crippen molar-refractivity contribution >= 4 is 28.3 Å². The molecule has 0 amide bonds. The Labute approximate surface area is 94.0 Å². The van der Waals surface area contributed by atoms with Gasteiger partial charge in [-0.1, -0.05) is 24.6 Å². The Balaban J connectivity index is 2.89. The molecule has 0 unspecified atom stereocenters. The lowest BCUT2D eigenvalue weighted by molar-refractivity contribution is 0.795. The van der Waals surface area contributed by atoms with Crippen LogP contribution in [-0.2, 0) is 13.5 Å². The molecule has 0 atom stereocenters. The Morgan fingerprint density at radius 2 is 2.20 bits per heavy atom. The molecule has 0 radical (unpaired) electrons. The summed E-state index contributed by atoms with van der Waals surface area (Å²) in [6.07, 6.45) is 0.982. The number of halogens is 1. The number of anilines is 1. The molecule has 0 saturated carbocycles. The molecule has 80 valence electrons. The van der Waals surface area contributed by atoms with Crippen LogP contribution in [-0.4, -0.2) is 16.8 Å². The summed E-state index contributed by atoms with van der Waals surface area (Å²) in [5.74, 6) is 0.841. The number of hydrogen-bond donors (Lipinski definition) is 1. The number of rotatable bonds is 2. The van der Waals surface area contributed by atoms with Gasteiger partial charge in [-0.25, -0.2) is 0 Å². The second-order valence-electron chi connectivity index (χ2n) is 3.51. The standard InChI is InChI=1S/C11H14ClN3/c1-4-7-5-6-8(12)9-10(7)15(3)14-11(9)13-2/h5-6H,4H2,1-3H3,(H,13,14). The van der Waals surface area contributed by atoms with Crippen molar-refractivity contribution in [2.45, 2.75) is 13.3 Å². The summed E-state index contributed by atoms with van der Waals surface area (Å²) in [5, 5.41) is 9.23. The number of aromatic nitrogens is 2. The minimum atomic E-state index is 0.750. The Morgan fingerprint density at radius 1 is 1.47 bits per heavy atom. The van der Waals surface area contributed by atoms with Crippen LogP contribution in [0.3, 0.4) is 0 Å². The van der Waals surface area contributed by atoms with Crippen molar-refractivity contribution in [3.05, 3.63) is 22.7 Å². The number of fused-ring (bicyclic) bond motifs is 1. The Bertz CT molecular complexity index is 502. The van der Waals surface area contributed by atoms with E-state index in [1.807, 2.05) is 24.8 Å². The monoisotopic (exact) mass is 223 g/mol. The zero-order chi connectivity index (χ0) is 11.0. The molecule has 0 saturated heterocycles. The van der Waals surface area contributed by atoms with Gasteiger partial charge in [0.15, 0.2) is 5.82 Å². The number of nitrogens with zero attached hydrogens (tertiary/aromatic N) is 2. The molecule has 3 nitrogen and oxygen atoms in total. The van der Waals surface area contributed by atoms with Gasteiger partial charge in [0.1, 0.15) is 0 Å². The number of aryl methyl sites for hydroxylation is 2. The van der Waals surface area contributed by atoms with Gasteiger partial charge in [0.2, 0.25) is 0 Å². The molecule has 1 aromatic carbocycles. The van der Waals surface area contributed by atoms with Gasteiger partial charge in [-0.3, -0.25) is 4.68 Å². The summed E-state index contributed by atoms with van der Waals surface area (Å²) in [5.41, 5.74) is 2.39. The van der Waals surface area contributed by atoms with Gasteiger partial charge in [-0.2, -0.15) is 5.10 Å². The summed E-state index contributed by atoms with van der Waals surface area (Å²) >= 11 is 6.19. The number of benzene rings is 1. The smallest absolute Gasteiger partial charge is 0.157 e. The molecular weight excluding hydrogens is 210 g/mol.